The van der Waals surface area contributed by atoms with Gasteiger partial charge in [0.05, 0.1) is 0 Å². The molecule has 0 aliphatic rings. The summed E-state index contributed by atoms with van der Waals surface area (Å²) >= 11 is 1.74. The molecule has 0 saturated heterocycles. The van der Waals surface area contributed by atoms with Gasteiger partial charge in [0.25, 0.3) is 0 Å². The van der Waals surface area contributed by atoms with Gasteiger partial charge in [0.15, 0.2) is 0 Å². The first-order valence-corrected chi connectivity index (χ1v) is 6.50. The summed E-state index contributed by atoms with van der Waals surface area (Å²) in [6.07, 6.45) is 0. The Morgan fingerprint density at radius 3 is 2.41 bits per heavy atom. The van der Waals surface area contributed by atoms with Gasteiger partial charge in [-0.15, -0.1) is 0 Å². The van der Waals surface area contributed by atoms with Crippen molar-refractivity contribution in [2.24, 2.45) is 0 Å². The monoisotopic (exact) mass is 243 g/mol. The minimum absolute atomic E-state index is 0.887. The molecule has 17 heavy (non-hydrogen) atoms. The topological polar surface area (TPSA) is 26.0 Å². The first-order valence-electron chi connectivity index (χ1n) is 5.68. The van der Waals surface area contributed by atoms with Crippen LogP contribution in [0.2, 0.25) is 0 Å². The molecule has 0 saturated carbocycles. The van der Waals surface area contributed by atoms with Crippen molar-refractivity contribution < 1.29 is 0 Å². The van der Waals surface area contributed by atoms with E-state index in [1.54, 1.807) is 11.8 Å². The van der Waals surface area contributed by atoms with E-state index in [4.69, 9.17) is 5.73 Å². The molecule has 0 heterocycles. The maximum Gasteiger partial charge on any atom is 0.0485 e. The van der Waals surface area contributed by atoms with Crippen molar-refractivity contribution >= 4 is 17.4 Å². The van der Waals surface area contributed by atoms with E-state index >= 15 is 0 Å². The largest absolute Gasteiger partial charge is 0.398 e. The normalized spacial score (nSPS) is 10.5. The molecular formula is C15H17NS. The smallest absolute Gasteiger partial charge is 0.0485 e. The van der Waals surface area contributed by atoms with E-state index in [1.807, 2.05) is 13.0 Å². The van der Waals surface area contributed by atoms with Gasteiger partial charge in [-0.05, 0) is 49.6 Å². The molecule has 1 nitrogen and oxygen atoms in total. The van der Waals surface area contributed by atoms with E-state index in [0.717, 1.165) is 16.1 Å². The van der Waals surface area contributed by atoms with Crippen LogP contribution in [0.15, 0.2) is 46.2 Å². The van der Waals surface area contributed by atoms with Gasteiger partial charge in [0.1, 0.15) is 0 Å². The molecule has 2 rings (SSSR count). The summed E-state index contributed by atoms with van der Waals surface area (Å²) in [4.78, 5) is 2.42. The molecule has 0 aliphatic carbocycles. The van der Waals surface area contributed by atoms with Crippen LogP contribution in [0.5, 0.6) is 0 Å². The molecule has 2 N–H and O–H groups in total. The van der Waals surface area contributed by atoms with E-state index in [9.17, 15) is 0 Å². The van der Waals surface area contributed by atoms with Crippen LogP contribution >= 0.6 is 11.8 Å². The number of rotatable bonds is 2. The van der Waals surface area contributed by atoms with Gasteiger partial charge < -0.3 is 5.73 Å². The van der Waals surface area contributed by atoms with Gasteiger partial charge in [-0.3, -0.25) is 0 Å². The molecule has 0 aliphatic heterocycles. The number of hydrogen-bond donors (Lipinski definition) is 1. The highest BCUT2D eigenvalue weighted by Crippen LogP contribution is 2.35. The summed E-state index contributed by atoms with van der Waals surface area (Å²) in [6, 6.07) is 12.7. The molecule has 0 radical (unpaired) electrons. The van der Waals surface area contributed by atoms with Crippen molar-refractivity contribution in [3.05, 3.63) is 53.1 Å². The van der Waals surface area contributed by atoms with E-state index < -0.39 is 0 Å². The van der Waals surface area contributed by atoms with E-state index in [0.29, 0.717) is 0 Å². The quantitative estimate of drug-likeness (QED) is 0.794. The lowest BCUT2D eigenvalue weighted by atomic mass is 10.2. The highest BCUT2D eigenvalue weighted by molar-refractivity contribution is 7.99. The number of nitrogen functional groups attached to an aromatic ring is 1. The first kappa shape index (κ1) is 12.1. The van der Waals surface area contributed by atoms with Crippen molar-refractivity contribution in [1.29, 1.82) is 0 Å². The Balaban J connectivity index is 2.38. The fourth-order valence-electron chi connectivity index (χ4n) is 1.68. The lowest BCUT2D eigenvalue weighted by Crippen LogP contribution is -1.92. The highest BCUT2D eigenvalue weighted by atomic mass is 32.2. The van der Waals surface area contributed by atoms with E-state index in [2.05, 4.69) is 44.2 Å². The predicted molar refractivity (Wildman–Crippen MR) is 75.6 cm³/mol. The third kappa shape index (κ3) is 2.64. The molecule has 2 aromatic rings. The Hall–Kier alpha value is -1.41. The molecule has 0 atom stereocenters. The molecule has 0 bridgehead atoms. The number of para-hydroxylation sites is 1. The maximum atomic E-state index is 6.10. The predicted octanol–water partition coefficient (Wildman–Crippen LogP) is 4.35. The fraction of sp³-hybridized carbons (Fsp3) is 0.200. The summed E-state index contributed by atoms with van der Waals surface area (Å²) < 4.78 is 0. The molecule has 0 aromatic heterocycles. The van der Waals surface area contributed by atoms with Crippen LogP contribution in [0.4, 0.5) is 5.69 Å². The first-order chi connectivity index (χ1) is 8.08. The van der Waals surface area contributed by atoms with Crippen molar-refractivity contribution in [3.8, 4) is 0 Å². The van der Waals surface area contributed by atoms with Gasteiger partial charge in [0, 0.05) is 15.5 Å². The van der Waals surface area contributed by atoms with Crippen LogP contribution in [-0.2, 0) is 0 Å². The van der Waals surface area contributed by atoms with Crippen LogP contribution in [0.1, 0.15) is 16.7 Å². The number of anilines is 1. The van der Waals surface area contributed by atoms with Gasteiger partial charge in [-0.1, -0.05) is 36.0 Å². The maximum absolute atomic E-state index is 6.10. The molecular weight excluding hydrogens is 226 g/mol. The summed E-state index contributed by atoms with van der Waals surface area (Å²) in [5, 5.41) is 0. The molecule has 0 amide bonds. The second-order valence-corrected chi connectivity index (χ2v) is 5.44. The summed E-state index contributed by atoms with van der Waals surface area (Å²) in [5.74, 6) is 0. The second kappa shape index (κ2) is 4.84. The van der Waals surface area contributed by atoms with Gasteiger partial charge >= 0.3 is 0 Å². The van der Waals surface area contributed by atoms with Gasteiger partial charge in [-0.25, -0.2) is 0 Å². The number of nitrogens with two attached hydrogens (primary N) is 1. The molecule has 0 spiro atoms. The van der Waals surface area contributed by atoms with Crippen molar-refractivity contribution in [3.63, 3.8) is 0 Å². The zero-order chi connectivity index (χ0) is 12.4. The van der Waals surface area contributed by atoms with Crippen LogP contribution in [0.3, 0.4) is 0 Å². The van der Waals surface area contributed by atoms with Gasteiger partial charge in [-0.2, -0.15) is 0 Å². The Labute approximate surface area is 107 Å². The third-order valence-corrected chi connectivity index (χ3v) is 4.08. The average Bonchev–Trinajstić information content (AvgIpc) is 2.30. The van der Waals surface area contributed by atoms with Crippen molar-refractivity contribution in [2.75, 3.05) is 5.73 Å². The van der Waals surface area contributed by atoms with Crippen LogP contribution in [-0.4, -0.2) is 0 Å². The zero-order valence-electron chi connectivity index (χ0n) is 10.4. The van der Waals surface area contributed by atoms with Gasteiger partial charge in [0.2, 0.25) is 0 Å². The van der Waals surface area contributed by atoms with Crippen molar-refractivity contribution in [1.82, 2.24) is 0 Å². The van der Waals surface area contributed by atoms with Crippen molar-refractivity contribution in [2.45, 2.75) is 30.6 Å². The Morgan fingerprint density at radius 2 is 1.65 bits per heavy atom. The van der Waals surface area contributed by atoms with E-state index in [1.165, 1.54) is 16.0 Å². The van der Waals surface area contributed by atoms with Crippen LogP contribution in [0, 0.1) is 20.8 Å². The van der Waals surface area contributed by atoms with Crippen LogP contribution in [0.25, 0.3) is 0 Å². The Morgan fingerprint density at radius 1 is 0.882 bits per heavy atom. The molecule has 0 unspecified atom stereocenters. The lowest BCUT2D eigenvalue weighted by molar-refractivity contribution is 1.25. The number of hydrogen-bond acceptors (Lipinski definition) is 2. The third-order valence-electron chi connectivity index (χ3n) is 2.85. The highest BCUT2D eigenvalue weighted by Gasteiger charge is 2.06. The fourth-order valence-corrected chi connectivity index (χ4v) is 2.81. The second-order valence-electron chi connectivity index (χ2n) is 4.36. The number of benzene rings is 2. The van der Waals surface area contributed by atoms with Crippen LogP contribution < -0.4 is 5.73 Å². The lowest BCUT2D eigenvalue weighted by Gasteiger charge is -2.10. The SMILES string of the molecule is Cc1ccc(C)c(Sc2cccc(C)c2N)c1. The Bertz CT molecular complexity index is 547. The molecule has 2 aromatic carbocycles. The standard InChI is InChI=1S/C15H17NS/c1-10-7-8-11(2)14(9-10)17-13-6-4-5-12(3)15(13)16/h4-9H,16H2,1-3H3. The minimum Gasteiger partial charge on any atom is -0.398 e. The minimum atomic E-state index is 0.887. The summed E-state index contributed by atoms with van der Waals surface area (Å²) in [7, 11) is 0. The zero-order valence-corrected chi connectivity index (χ0v) is 11.3. The Kier molecular flexibility index (Phi) is 3.43. The van der Waals surface area contributed by atoms with E-state index in [-0.39, 0.29) is 0 Å². The summed E-state index contributed by atoms with van der Waals surface area (Å²) in [5.41, 5.74) is 10.7. The average molecular weight is 243 g/mol. The molecule has 0 fully saturated rings. The molecule has 88 valence electrons. The number of aryl methyl sites for hydroxylation is 3. The summed E-state index contributed by atoms with van der Waals surface area (Å²) in [6.45, 7) is 6.29. The molecule has 2 heteroatoms.